The third-order valence-corrected chi connectivity index (χ3v) is 13.3. The molecule has 0 spiro atoms. The molecular formula is C58H107NO8. The van der Waals surface area contributed by atoms with Crippen molar-refractivity contribution in [3.8, 4) is 0 Å². The number of aliphatic hydroxyl groups is 5. The number of hydrogen-bond acceptors (Lipinski definition) is 8. The molecule has 0 aromatic rings. The van der Waals surface area contributed by atoms with E-state index in [0.717, 1.165) is 57.8 Å². The van der Waals surface area contributed by atoms with Crippen LogP contribution in [0.2, 0.25) is 0 Å². The van der Waals surface area contributed by atoms with E-state index >= 15 is 0 Å². The summed E-state index contributed by atoms with van der Waals surface area (Å²) >= 11 is 0. The summed E-state index contributed by atoms with van der Waals surface area (Å²) in [6.45, 7) is 3.69. The third kappa shape index (κ3) is 37.6. The van der Waals surface area contributed by atoms with E-state index < -0.39 is 49.5 Å². The van der Waals surface area contributed by atoms with Gasteiger partial charge in [0.05, 0.1) is 25.4 Å². The average molecular weight is 946 g/mol. The first kappa shape index (κ1) is 63.2. The zero-order valence-electron chi connectivity index (χ0n) is 43.4. The highest BCUT2D eigenvalue weighted by Gasteiger charge is 2.44. The van der Waals surface area contributed by atoms with Gasteiger partial charge in [0.1, 0.15) is 24.4 Å². The number of hydrogen-bond donors (Lipinski definition) is 6. The fraction of sp³-hybridized carbons (Fsp3) is 0.845. The zero-order chi connectivity index (χ0) is 48.7. The first-order valence-electron chi connectivity index (χ1n) is 28.4. The van der Waals surface area contributed by atoms with Crippen molar-refractivity contribution in [2.24, 2.45) is 0 Å². The second-order valence-electron chi connectivity index (χ2n) is 19.7. The van der Waals surface area contributed by atoms with Gasteiger partial charge in [-0.25, -0.2) is 0 Å². The van der Waals surface area contributed by atoms with Gasteiger partial charge in [-0.3, -0.25) is 4.79 Å². The van der Waals surface area contributed by atoms with Gasteiger partial charge in [-0.1, -0.05) is 236 Å². The molecule has 1 aliphatic heterocycles. The quantitative estimate of drug-likeness (QED) is 0.0261. The Kier molecular flexibility index (Phi) is 45.1. The van der Waals surface area contributed by atoms with Crippen LogP contribution in [0.5, 0.6) is 0 Å². The van der Waals surface area contributed by atoms with Gasteiger partial charge in [-0.05, 0) is 64.2 Å². The van der Waals surface area contributed by atoms with Crippen LogP contribution in [0.4, 0.5) is 0 Å². The summed E-state index contributed by atoms with van der Waals surface area (Å²) in [5, 5.41) is 54.2. The van der Waals surface area contributed by atoms with Gasteiger partial charge >= 0.3 is 0 Å². The van der Waals surface area contributed by atoms with Crippen LogP contribution in [0.25, 0.3) is 0 Å². The summed E-state index contributed by atoms with van der Waals surface area (Å²) in [6, 6.07) is -0.826. The largest absolute Gasteiger partial charge is 0.394 e. The van der Waals surface area contributed by atoms with E-state index in [1.165, 1.54) is 180 Å². The minimum absolute atomic E-state index is 0.190. The van der Waals surface area contributed by atoms with Crippen molar-refractivity contribution in [2.75, 3.05) is 13.2 Å². The number of allylic oxidation sites excluding steroid dienone is 7. The molecule has 9 heteroatoms. The Labute approximate surface area is 412 Å². The summed E-state index contributed by atoms with van der Waals surface area (Å²) in [5.41, 5.74) is 0. The first-order valence-corrected chi connectivity index (χ1v) is 28.4. The normalized spacial score (nSPS) is 20.0. The number of ether oxygens (including phenoxy) is 2. The molecule has 1 amide bonds. The summed E-state index contributed by atoms with van der Waals surface area (Å²) in [4.78, 5) is 13.0. The van der Waals surface area contributed by atoms with Crippen LogP contribution in [0, 0.1) is 0 Å². The highest BCUT2D eigenvalue weighted by molar-refractivity contribution is 5.76. The SMILES string of the molecule is CCC/C=C/CC/C=C/CC/C=C/C(O)C(COC1OC(CO)C(O)C(O)C1O)NC(=O)CCCCCCCCCCCCCCCCCCCCCCC/C=C\CCCCCCCCCC. The van der Waals surface area contributed by atoms with Gasteiger partial charge in [0, 0.05) is 6.42 Å². The second kappa shape index (κ2) is 47.8. The standard InChI is InChI=1S/C58H107NO8/c1-3-5-7-9-11-13-15-16-17-18-19-20-21-22-23-24-25-26-27-28-29-30-31-32-33-34-35-36-38-40-42-44-46-48-54(62)59-51(50-66-58-57(65)56(64)55(63)53(49-60)67-58)52(61)47-45-43-41-39-37-14-12-10-8-6-4-2/h8,10,18-19,37,39,45,47,51-53,55-58,60-61,63-65H,3-7,9,11-17,20-36,38,40-44,46,48-50H2,1-2H3,(H,59,62)/b10-8+,19-18-,39-37+,47-45+. The van der Waals surface area contributed by atoms with Gasteiger partial charge in [-0.15, -0.1) is 0 Å². The van der Waals surface area contributed by atoms with E-state index in [4.69, 9.17) is 9.47 Å². The molecule has 1 saturated heterocycles. The number of amides is 1. The molecule has 9 nitrogen and oxygen atoms in total. The number of carbonyl (C=O) groups excluding carboxylic acids is 1. The minimum atomic E-state index is -1.57. The van der Waals surface area contributed by atoms with Crippen molar-refractivity contribution in [2.45, 2.75) is 301 Å². The molecule has 1 heterocycles. The second-order valence-corrected chi connectivity index (χ2v) is 19.7. The predicted molar refractivity (Wildman–Crippen MR) is 281 cm³/mol. The molecule has 0 aromatic heterocycles. The molecule has 7 atom stereocenters. The van der Waals surface area contributed by atoms with Crippen LogP contribution in [0.1, 0.15) is 258 Å². The Morgan fingerprint density at radius 1 is 0.493 bits per heavy atom. The Balaban J connectivity index is 2.09. The van der Waals surface area contributed by atoms with Crippen molar-refractivity contribution in [1.82, 2.24) is 5.32 Å². The molecule has 0 radical (unpaired) electrons. The number of aliphatic hydroxyl groups excluding tert-OH is 5. The Bertz CT molecular complexity index is 1190. The van der Waals surface area contributed by atoms with Gasteiger partial charge in [0.25, 0.3) is 0 Å². The highest BCUT2D eigenvalue weighted by atomic mass is 16.7. The topological polar surface area (TPSA) is 149 Å². The summed E-state index contributed by atoms with van der Waals surface area (Å²) in [6.07, 6.45) is 56.4. The van der Waals surface area contributed by atoms with Crippen molar-refractivity contribution >= 4 is 5.91 Å². The summed E-state index contributed by atoms with van der Waals surface area (Å²) in [5.74, 6) is -0.190. The fourth-order valence-electron chi connectivity index (χ4n) is 8.84. The highest BCUT2D eigenvalue weighted by Crippen LogP contribution is 2.23. The van der Waals surface area contributed by atoms with Crippen LogP contribution >= 0.6 is 0 Å². The van der Waals surface area contributed by atoms with Crippen molar-refractivity contribution in [3.05, 3.63) is 48.6 Å². The van der Waals surface area contributed by atoms with Crippen LogP contribution in [0.15, 0.2) is 48.6 Å². The molecule has 1 aliphatic rings. The summed E-state index contributed by atoms with van der Waals surface area (Å²) in [7, 11) is 0. The zero-order valence-corrected chi connectivity index (χ0v) is 43.4. The Morgan fingerprint density at radius 2 is 0.881 bits per heavy atom. The number of nitrogens with one attached hydrogen (secondary N) is 1. The molecule has 1 fully saturated rings. The monoisotopic (exact) mass is 946 g/mol. The lowest BCUT2D eigenvalue weighted by molar-refractivity contribution is -0.302. The Morgan fingerprint density at radius 3 is 1.31 bits per heavy atom. The van der Waals surface area contributed by atoms with Gasteiger partial charge in [0.15, 0.2) is 6.29 Å². The minimum Gasteiger partial charge on any atom is -0.394 e. The van der Waals surface area contributed by atoms with E-state index in [2.05, 4.69) is 55.6 Å². The molecule has 67 heavy (non-hydrogen) atoms. The molecule has 0 saturated carbocycles. The van der Waals surface area contributed by atoms with E-state index in [0.29, 0.717) is 6.42 Å². The maximum Gasteiger partial charge on any atom is 0.220 e. The smallest absolute Gasteiger partial charge is 0.220 e. The molecule has 0 aliphatic carbocycles. The first-order chi connectivity index (χ1) is 32.8. The van der Waals surface area contributed by atoms with E-state index in [1.807, 2.05) is 6.08 Å². The predicted octanol–water partition coefficient (Wildman–Crippen LogP) is 13.7. The number of carbonyl (C=O) groups is 1. The van der Waals surface area contributed by atoms with Gasteiger partial charge < -0.3 is 40.3 Å². The van der Waals surface area contributed by atoms with E-state index in [9.17, 15) is 30.3 Å². The molecular weight excluding hydrogens is 839 g/mol. The third-order valence-electron chi connectivity index (χ3n) is 13.3. The lowest BCUT2D eigenvalue weighted by Gasteiger charge is -2.40. The summed E-state index contributed by atoms with van der Waals surface area (Å²) < 4.78 is 11.2. The molecule has 0 aromatic carbocycles. The van der Waals surface area contributed by atoms with Crippen molar-refractivity contribution < 1.29 is 39.8 Å². The average Bonchev–Trinajstić information content (AvgIpc) is 3.33. The van der Waals surface area contributed by atoms with Crippen LogP contribution in [-0.2, 0) is 14.3 Å². The van der Waals surface area contributed by atoms with Crippen molar-refractivity contribution in [3.63, 3.8) is 0 Å². The lowest BCUT2D eigenvalue weighted by atomic mass is 9.99. The lowest BCUT2D eigenvalue weighted by Crippen LogP contribution is -2.60. The molecule has 1 rings (SSSR count). The maximum atomic E-state index is 13.0. The van der Waals surface area contributed by atoms with E-state index in [-0.39, 0.29) is 12.5 Å². The fourth-order valence-corrected chi connectivity index (χ4v) is 8.84. The molecule has 0 bridgehead atoms. The Hall–Kier alpha value is -1.85. The van der Waals surface area contributed by atoms with Crippen LogP contribution < -0.4 is 5.32 Å². The molecule has 7 unspecified atom stereocenters. The van der Waals surface area contributed by atoms with Crippen LogP contribution in [0.3, 0.4) is 0 Å². The van der Waals surface area contributed by atoms with Crippen molar-refractivity contribution in [1.29, 1.82) is 0 Å². The number of rotatable bonds is 48. The molecule has 392 valence electrons. The number of unbranched alkanes of at least 4 members (excludes halogenated alkanes) is 32. The van der Waals surface area contributed by atoms with E-state index in [1.54, 1.807) is 6.08 Å². The van der Waals surface area contributed by atoms with Crippen LogP contribution in [-0.4, -0.2) is 87.5 Å². The van der Waals surface area contributed by atoms with Gasteiger partial charge in [-0.2, -0.15) is 0 Å². The maximum absolute atomic E-state index is 13.0. The molecule has 6 N–H and O–H groups in total. The van der Waals surface area contributed by atoms with Gasteiger partial charge in [0.2, 0.25) is 5.91 Å².